The Hall–Kier alpha value is -0.380. The summed E-state index contributed by atoms with van der Waals surface area (Å²) in [5, 5.41) is 0. The first-order valence-electron chi connectivity index (χ1n) is 5.52. The van der Waals surface area contributed by atoms with Gasteiger partial charge in [0.25, 0.3) is 0 Å². The van der Waals surface area contributed by atoms with Crippen LogP contribution < -0.4 is 0 Å². The molecule has 0 aliphatic heterocycles. The number of ether oxygens (including phenoxy) is 3. The van der Waals surface area contributed by atoms with Gasteiger partial charge >= 0.3 is 0 Å². The lowest BCUT2D eigenvalue weighted by Gasteiger charge is -2.28. The molecule has 0 rings (SSSR count). The Bertz CT molecular complexity index is 149. The lowest BCUT2D eigenvalue weighted by atomic mass is 9.94. The fourth-order valence-electron chi connectivity index (χ4n) is 1.21. The van der Waals surface area contributed by atoms with Crippen molar-refractivity contribution in [3.8, 4) is 0 Å². The van der Waals surface area contributed by atoms with Crippen LogP contribution in [-0.4, -0.2) is 39.6 Å². The average Bonchev–Trinajstić information content (AvgIpc) is 2.24. The van der Waals surface area contributed by atoms with Crippen molar-refractivity contribution in [3.63, 3.8) is 0 Å². The van der Waals surface area contributed by atoms with Crippen LogP contribution in [0, 0.1) is 5.41 Å². The Kier molecular flexibility index (Phi) is 8.67. The highest BCUT2D eigenvalue weighted by Crippen LogP contribution is 2.18. The van der Waals surface area contributed by atoms with Crippen molar-refractivity contribution in [2.45, 2.75) is 20.8 Å². The highest BCUT2D eigenvalue weighted by Gasteiger charge is 2.25. The Morgan fingerprint density at radius 1 is 1.00 bits per heavy atom. The SMILES string of the molecule is C=CCOCC(C)(COCC)COCC. The molecule has 0 aromatic carbocycles. The van der Waals surface area contributed by atoms with Gasteiger partial charge in [-0.25, -0.2) is 0 Å². The van der Waals surface area contributed by atoms with Gasteiger partial charge in [0.15, 0.2) is 0 Å². The molecule has 0 aliphatic rings. The van der Waals surface area contributed by atoms with E-state index in [0.717, 1.165) is 13.2 Å². The van der Waals surface area contributed by atoms with Crippen LogP contribution in [0.15, 0.2) is 12.7 Å². The van der Waals surface area contributed by atoms with Crippen LogP contribution in [0.2, 0.25) is 0 Å². The van der Waals surface area contributed by atoms with Gasteiger partial charge in [-0.3, -0.25) is 0 Å². The fraction of sp³-hybridized carbons (Fsp3) is 0.833. The molecule has 0 fully saturated rings. The summed E-state index contributed by atoms with van der Waals surface area (Å²) in [6.45, 7) is 13.7. The zero-order valence-corrected chi connectivity index (χ0v) is 10.3. The third kappa shape index (κ3) is 7.54. The van der Waals surface area contributed by atoms with Crippen molar-refractivity contribution in [1.82, 2.24) is 0 Å². The second kappa shape index (κ2) is 8.89. The highest BCUT2D eigenvalue weighted by molar-refractivity contribution is 4.74. The molecule has 3 nitrogen and oxygen atoms in total. The van der Waals surface area contributed by atoms with Crippen LogP contribution in [0.25, 0.3) is 0 Å². The van der Waals surface area contributed by atoms with Crippen molar-refractivity contribution in [2.24, 2.45) is 5.41 Å². The van der Waals surface area contributed by atoms with Gasteiger partial charge < -0.3 is 14.2 Å². The predicted octanol–water partition coefficient (Wildman–Crippen LogP) is 2.27. The molecule has 0 heterocycles. The molecule has 90 valence electrons. The minimum Gasteiger partial charge on any atom is -0.381 e. The zero-order valence-electron chi connectivity index (χ0n) is 10.3. The van der Waals surface area contributed by atoms with Crippen molar-refractivity contribution < 1.29 is 14.2 Å². The molecule has 0 bridgehead atoms. The summed E-state index contributed by atoms with van der Waals surface area (Å²) in [6.07, 6.45) is 1.75. The molecule has 0 saturated heterocycles. The van der Waals surface area contributed by atoms with Crippen molar-refractivity contribution in [1.29, 1.82) is 0 Å². The number of rotatable bonds is 10. The topological polar surface area (TPSA) is 27.7 Å². The molecule has 0 aromatic rings. The second-order valence-corrected chi connectivity index (χ2v) is 3.89. The lowest BCUT2D eigenvalue weighted by Crippen LogP contribution is -2.34. The van der Waals surface area contributed by atoms with E-state index in [-0.39, 0.29) is 5.41 Å². The van der Waals surface area contributed by atoms with Crippen LogP contribution in [0.3, 0.4) is 0 Å². The standard InChI is InChI=1S/C12H24O3/c1-5-8-15-11-12(4,9-13-6-2)10-14-7-3/h5H,1,6-11H2,2-4H3. The van der Waals surface area contributed by atoms with Gasteiger partial charge in [0, 0.05) is 18.6 Å². The Morgan fingerprint density at radius 2 is 1.47 bits per heavy atom. The Labute approximate surface area is 93.4 Å². The van der Waals surface area contributed by atoms with E-state index < -0.39 is 0 Å². The van der Waals surface area contributed by atoms with E-state index in [2.05, 4.69) is 13.5 Å². The monoisotopic (exact) mass is 216 g/mol. The Morgan fingerprint density at radius 3 is 1.87 bits per heavy atom. The molecule has 0 unspecified atom stereocenters. The first kappa shape index (κ1) is 14.6. The molecule has 0 N–H and O–H groups in total. The maximum Gasteiger partial charge on any atom is 0.0645 e. The minimum atomic E-state index is -0.0605. The largest absolute Gasteiger partial charge is 0.381 e. The summed E-state index contributed by atoms with van der Waals surface area (Å²) in [6, 6.07) is 0. The molecule has 0 amide bonds. The minimum absolute atomic E-state index is 0.0605. The molecular weight excluding hydrogens is 192 g/mol. The summed E-state index contributed by atoms with van der Waals surface area (Å²) in [5.74, 6) is 0. The molecule has 0 atom stereocenters. The molecule has 0 spiro atoms. The number of hydrogen-bond donors (Lipinski definition) is 0. The van der Waals surface area contributed by atoms with E-state index in [0.29, 0.717) is 26.4 Å². The molecular formula is C12H24O3. The van der Waals surface area contributed by atoms with Crippen LogP contribution in [-0.2, 0) is 14.2 Å². The van der Waals surface area contributed by atoms with Gasteiger partial charge in [0.1, 0.15) is 0 Å². The molecule has 15 heavy (non-hydrogen) atoms. The normalized spacial score (nSPS) is 11.7. The van der Waals surface area contributed by atoms with Gasteiger partial charge in [-0.15, -0.1) is 6.58 Å². The number of hydrogen-bond acceptors (Lipinski definition) is 3. The maximum atomic E-state index is 5.46. The maximum absolute atomic E-state index is 5.46. The van der Waals surface area contributed by atoms with E-state index in [1.54, 1.807) is 6.08 Å². The van der Waals surface area contributed by atoms with Crippen molar-refractivity contribution in [3.05, 3.63) is 12.7 Å². The fourth-order valence-corrected chi connectivity index (χ4v) is 1.21. The summed E-state index contributed by atoms with van der Waals surface area (Å²) < 4.78 is 16.3. The Balaban J connectivity index is 3.94. The predicted molar refractivity (Wildman–Crippen MR) is 62.1 cm³/mol. The van der Waals surface area contributed by atoms with E-state index in [4.69, 9.17) is 14.2 Å². The van der Waals surface area contributed by atoms with Crippen LogP contribution in [0.1, 0.15) is 20.8 Å². The summed E-state index contributed by atoms with van der Waals surface area (Å²) in [4.78, 5) is 0. The third-order valence-electron chi connectivity index (χ3n) is 2.00. The molecule has 0 aliphatic carbocycles. The van der Waals surface area contributed by atoms with E-state index in [1.807, 2.05) is 13.8 Å². The van der Waals surface area contributed by atoms with Gasteiger partial charge in [-0.05, 0) is 13.8 Å². The summed E-state index contributed by atoms with van der Waals surface area (Å²) in [7, 11) is 0. The third-order valence-corrected chi connectivity index (χ3v) is 2.00. The van der Waals surface area contributed by atoms with E-state index in [1.165, 1.54) is 0 Å². The lowest BCUT2D eigenvalue weighted by molar-refractivity contribution is -0.0514. The van der Waals surface area contributed by atoms with Gasteiger partial charge in [0.2, 0.25) is 0 Å². The first-order chi connectivity index (χ1) is 7.18. The molecule has 0 radical (unpaired) electrons. The first-order valence-corrected chi connectivity index (χ1v) is 5.52. The van der Waals surface area contributed by atoms with Crippen LogP contribution in [0.4, 0.5) is 0 Å². The quantitative estimate of drug-likeness (QED) is 0.414. The highest BCUT2D eigenvalue weighted by atomic mass is 16.5. The summed E-state index contributed by atoms with van der Waals surface area (Å²) in [5.41, 5.74) is -0.0605. The molecule has 3 heteroatoms. The van der Waals surface area contributed by atoms with E-state index in [9.17, 15) is 0 Å². The molecule has 0 saturated carbocycles. The smallest absolute Gasteiger partial charge is 0.0645 e. The van der Waals surface area contributed by atoms with Crippen molar-refractivity contribution in [2.75, 3.05) is 39.6 Å². The average molecular weight is 216 g/mol. The van der Waals surface area contributed by atoms with Crippen LogP contribution in [0.5, 0.6) is 0 Å². The second-order valence-electron chi connectivity index (χ2n) is 3.89. The van der Waals surface area contributed by atoms with Crippen LogP contribution >= 0.6 is 0 Å². The molecule has 0 aromatic heterocycles. The van der Waals surface area contributed by atoms with Gasteiger partial charge in [0.05, 0.1) is 26.4 Å². The van der Waals surface area contributed by atoms with E-state index >= 15 is 0 Å². The zero-order chi connectivity index (χ0) is 11.6. The van der Waals surface area contributed by atoms with Gasteiger partial charge in [-0.2, -0.15) is 0 Å². The summed E-state index contributed by atoms with van der Waals surface area (Å²) >= 11 is 0. The van der Waals surface area contributed by atoms with Gasteiger partial charge in [-0.1, -0.05) is 13.0 Å². The van der Waals surface area contributed by atoms with Crippen molar-refractivity contribution >= 4 is 0 Å².